The van der Waals surface area contributed by atoms with Gasteiger partial charge in [-0.3, -0.25) is 0 Å². The van der Waals surface area contributed by atoms with Crippen molar-refractivity contribution in [1.29, 1.82) is 0 Å². The summed E-state index contributed by atoms with van der Waals surface area (Å²) in [5.41, 5.74) is 4.81. The summed E-state index contributed by atoms with van der Waals surface area (Å²) in [5, 5.41) is 12.2. The molecule has 0 spiro atoms. The smallest absolute Gasteiger partial charge is 0.230 e. The number of aromatic hydroxyl groups is 1. The molecule has 0 atom stereocenters. The molecule has 7 heteroatoms. The predicted molar refractivity (Wildman–Crippen MR) is 52.9 cm³/mol. The maximum Gasteiger partial charge on any atom is 0.230 e. The van der Waals surface area contributed by atoms with Gasteiger partial charge in [-0.1, -0.05) is 16.8 Å². The summed E-state index contributed by atoms with van der Waals surface area (Å²) in [6, 6.07) is 0.666. The first-order chi connectivity index (χ1) is 7.52. The van der Waals surface area contributed by atoms with E-state index in [1.54, 1.807) is 0 Å². The number of nitrogens with zero attached hydrogens (tertiary/aromatic N) is 1. The molecule has 16 heavy (non-hydrogen) atoms. The van der Waals surface area contributed by atoms with E-state index in [1.165, 1.54) is 0 Å². The standard InChI is InChI=1S/C9H5ClF2N2O2/c10-4-1-5(11)8(15)6(7(4)12)3-2-14-16-9(3)13/h1-2,15H,13H2. The molecular formula is C9H5ClF2N2O2. The highest BCUT2D eigenvalue weighted by atomic mass is 35.5. The lowest BCUT2D eigenvalue weighted by Crippen LogP contribution is -1.92. The summed E-state index contributed by atoms with van der Waals surface area (Å²) in [7, 11) is 0. The van der Waals surface area contributed by atoms with Gasteiger partial charge in [-0.05, 0) is 6.07 Å². The number of benzene rings is 1. The van der Waals surface area contributed by atoms with Crippen LogP contribution in [0.5, 0.6) is 5.75 Å². The van der Waals surface area contributed by atoms with Crippen molar-refractivity contribution in [2.24, 2.45) is 0 Å². The number of hydrogen-bond acceptors (Lipinski definition) is 4. The Kier molecular flexibility index (Phi) is 2.43. The monoisotopic (exact) mass is 246 g/mol. The van der Waals surface area contributed by atoms with Crippen LogP contribution < -0.4 is 5.73 Å². The van der Waals surface area contributed by atoms with Gasteiger partial charge in [0.05, 0.1) is 22.3 Å². The average molecular weight is 247 g/mol. The topological polar surface area (TPSA) is 72.3 Å². The molecule has 2 rings (SSSR count). The highest BCUT2D eigenvalue weighted by Crippen LogP contribution is 2.39. The minimum atomic E-state index is -1.05. The van der Waals surface area contributed by atoms with E-state index >= 15 is 0 Å². The largest absolute Gasteiger partial charge is 0.504 e. The van der Waals surface area contributed by atoms with Crippen LogP contribution in [-0.2, 0) is 0 Å². The third kappa shape index (κ3) is 1.47. The van der Waals surface area contributed by atoms with Crippen molar-refractivity contribution in [3.8, 4) is 16.9 Å². The first-order valence-corrected chi connectivity index (χ1v) is 4.47. The molecule has 0 fully saturated rings. The Morgan fingerprint density at radius 1 is 1.44 bits per heavy atom. The molecular weight excluding hydrogens is 242 g/mol. The van der Waals surface area contributed by atoms with E-state index < -0.39 is 28.0 Å². The number of aromatic nitrogens is 1. The number of rotatable bonds is 1. The van der Waals surface area contributed by atoms with Gasteiger partial charge in [0.2, 0.25) is 5.88 Å². The van der Waals surface area contributed by atoms with Gasteiger partial charge >= 0.3 is 0 Å². The maximum absolute atomic E-state index is 13.6. The Balaban J connectivity index is 2.79. The number of nitrogen functional groups attached to an aromatic ring is 1. The van der Waals surface area contributed by atoms with Crippen molar-refractivity contribution < 1.29 is 18.4 Å². The van der Waals surface area contributed by atoms with Gasteiger partial charge in [0.1, 0.15) is 0 Å². The maximum atomic E-state index is 13.6. The van der Waals surface area contributed by atoms with Crippen molar-refractivity contribution in [3.63, 3.8) is 0 Å². The second kappa shape index (κ2) is 3.64. The molecule has 0 bridgehead atoms. The Hall–Kier alpha value is -1.82. The quantitative estimate of drug-likeness (QED) is 0.759. The minimum absolute atomic E-state index is 0.0589. The molecule has 0 aliphatic heterocycles. The summed E-state index contributed by atoms with van der Waals surface area (Å²) < 4.78 is 31.2. The Labute approximate surface area is 93.2 Å². The summed E-state index contributed by atoms with van der Waals surface area (Å²) in [4.78, 5) is 0. The molecule has 0 saturated carbocycles. The SMILES string of the molecule is Nc1oncc1-c1c(O)c(F)cc(Cl)c1F. The van der Waals surface area contributed by atoms with Crippen LogP contribution in [0.4, 0.5) is 14.7 Å². The fraction of sp³-hybridized carbons (Fsp3) is 0. The average Bonchev–Trinajstić information content (AvgIpc) is 2.63. The fourth-order valence-electron chi connectivity index (χ4n) is 1.27. The van der Waals surface area contributed by atoms with Crippen LogP contribution in [0.15, 0.2) is 16.8 Å². The molecule has 0 aliphatic carbocycles. The van der Waals surface area contributed by atoms with Crippen LogP contribution in [0.3, 0.4) is 0 Å². The van der Waals surface area contributed by atoms with Gasteiger partial charge < -0.3 is 15.4 Å². The first-order valence-electron chi connectivity index (χ1n) is 4.09. The van der Waals surface area contributed by atoms with Crippen LogP contribution in [0.25, 0.3) is 11.1 Å². The third-order valence-electron chi connectivity index (χ3n) is 2.01. The van der Waals surface area contributed by atoms with Gasteiger partial charge in [0.15, 0.2) is 17.4 Å². The molecule has 1 heterocycles. The van der Waals surface area contributed by atoms with Gasteiger partial charge in [0.25, 0.3) is 0 Å². The lowest BCUT2D eigenvalue weighted by Gasteiger charge is -2.06. The molecule has 84 valence electrons. The van der Waals surface area contributed by atoms with Gasteiger partial charge in [0, 0.05) is 0 Å². The number of nitrogens with two attached hydrogens (primary N) is 1. The zero-order chi connectivity index (χ0) is 11.9. The zero-order valence-electron chi connectivity index (χ0n) is 7.67. The summed E-state index contributed by atoms with van der Waals surface area (Å²) in [6.07, 6.45) is 1.06. The predicted octanol–water partition coefficient (Wildman–Crippen LogP) is 2.56. The van der Waals surface area contributed by atoms with Crippen LogP contribution in [0, 0.1) is 11.6 Å². The molecule has 2 aromatic rings. The Morgan fingerprint density at radius 3 is 2.69 bits per heavy atom. The highest BCUT2D eigenvalue weighted by Gasteiger charge is 2.22. The van der Waals surface area contributed by atoms with Gasteiger partial charge in [-0.25, -0.2) is 8.78 Å². The molecule has 0 radical (unpaired) electrons. The molecule has 0 saturated heterocycles. The number of phenols is 1. The number of hydrogen-bond donors (Lipinski definition) is 2. The number of phenolic OH excluding ortho intramolecular Hbond substituents is 1. The molecule has 1 aromatic heterocycles. The van der Waals surface area contributed by atoms with E-state index in [4.69, 9.17) is 17.3 Å². The second-order valence-corrected chi connectivity index (χ2v) is 3.39. The highest BCUT2D eigenvalue weighted by molar-refractivity contribution is 6.31. The van der Waals surface area contributed by atoms with Crippen LogP contribution in [0.1, 0.15) is 0 Å². The normalized spacial score (nSPS) is 10.7. The Morgan fingerprint density at radius 2 is 2.12 bits per heavy atom. The lowest BCUT2D eigenvalue weighted by atomic mass is 10.1. The van der Waals surface area contributed by atoms with Crippen LogP contribution >= 0.6 is 11.6 Å². The first kappa shape index (κ1) is 10.7. The second-order valence-electron chi connectivity index (χ2n) is 2.98. The fourth-order valence-corrected chi connectivity index (χ4v) is 1.46. The van der Waals surface area contributed by atoms with E-state index in [-0.39, 0.29) is 11.4 Å². The van der Waals surface area contributed by atoms with Crippen molar-refractivity contribution in [1.82, 2.24) is 5.16 Å². The summed E-state index contributed by atoms with van der Waals surface area (Å²) >= 11 is 5.44. The molecule has 4 nitrogen and oxygen atoms in total. The molecule has 0 aliphatic rings. The lowest BCUT2D eigenvalue weighted by molar-refractivity contribution is 0.428. The van der Waals surface area contributed by atoms with E-state index in [9.17, 15) is 13.9 Å². The third-order valence-corrected chi connectivity index (χ3v) is 2.29. The number of anilines is 1. The van der Waals surface area contributed by atoms with Crippen molar-refractivity contribution in [2.75, 3.05) is 5.73 Å². The minimum Gasteiger partial charge on any atom is -0.504 e. The Bertz CT molecular complexity index is 530. The van der Waals surface area contributed by atoms with Gasteiger partial charge in [-0.15, -0.1) is 0 Å². The van der Waals surface area contributed by atoms with Gasteiger partial charge in [-0.2, -0.15) is 0 Å². The van der Waals surface area contributed by atoms with Crippen molar-refractivity contribution in [2.45, 2.75) is 0 Å². The van der Waals surface area contributed by atoms with E-state index in [0.717, 1.165) is 6.20 Å². The summed E-state index contributed by atoms with van der Waals surface area (Å²) in [6.45, 7) is 0. The summed E-state index contributed by atoms with van der Waals surface area (Å²) in [5.74, 6) is -3.18. The molecule has 3 N–H and O–H groups in total. The molecule has 0 amide bonds. The van der Waals surface area contributed by atoms with E-state index in [0.29, 0.717) is 6.07 Å². The zero-order valence-corrected chi connectivity index (χ0v) is 8.42. The van der Waals surface area contributed by atoms with E-state index in [2.05, 4.69) is 9.68 Å². The van der Waals surface area contributed by atoms with Crippen molar-refractivity contribution in [3.05, 3.63) is 28.9 Å². The molecule has 1 aromatic carbocycles. The van der Waals surface area contributed by atoms with Crippen molar-refractivity contribution >= 4 is 17.5 Å². The molecule has 0 unspecified atom stereocenters. The number of halogens is 3. The van der Waals surface area contributed by atoms with E-state index in [1.807, 2.05) is 0 Å². The van der Waals surface area contributed by atoms with Crippen LogP contribution in [0.2, 0.25) is 5.02 Å². The van der Waals surface area contributed by atoms with Crippen LogP contribution in [-0.4, -0.2) is 10.3 Å².